The quantitative estimate of drug-likeness (QED) is 0.435. The molecule has 0 saturated carbocycles. The summed E-state index contributed by atoms with van der Waals surface area (Å²) in [6, 6.07) is 0. The Hall–Kier alpha value is -0.590. The van der Waals surface area contributed by atoms with Crippen LogP contribution in [0.4, 0.5) is 0 Å². The van der Waals surface area contributed by atoms with E-state index >= 15 is 0 Å². The van der Waals surface area contributed by atoms with Gasteiger partial charge in [0.15, 0.2) is 0 Å². The molecule has 0 aliphatic heterocycles. The van der Waals surface area contributed by atoms with Crippen LogP contribution in [0.5, 0.6) is 0 Å². The lowest BCUT2D eigenvalue weighted by Gasteiger charge is -2.21. The fourth-order valence-electron chi connectivity index (χ4n) is 1.49. The van der Waals surface area contributed by atoms with E-state index in [1.165, 1.54) is 13.2 Å². The monoisotopic (exact) mass is 340 g/mol. The molecule has 1 aliphatic carbocycles. The number of hydrogen-bond donors (Lipinski definition) is 0. The predicted octanol–water partition coefficient (Wildman–Crippen LogP) is 1.67. The zero-order valence-corrected chi connectivity index (χ0v) is 12.3. The fraction of sp³-hybridized carbons (Fsp3) is 0.400. The van der Waals surface area contributed by atoms with Crippen molar-refractivity contribution in [2.45, 2.75) is 6.92 Å². The van der Waals surface area contributed by atoms with Crippen molar-refractivity contribution in [1.82, 2.24) is 0 Å². The van der Waals surface area contributed by atoms with Gasteiger partial charge in [-0.05, 0) is 11.6 Å². The fourth-order valence-corrected chi connectivity index (χ4v) is 3.43. The second-order valence-electron chi connectivity index (χ2n) is 3.38. The van der Waals surface area contributed by atoms with E-state index in [9.17, 15) is 13.2 Å². The van der Waals surface area contributed by atoms with E-state index in [-0.39, 0.29) is 21.4 Å². The predicted molar refractivity (Wildman–Crippen MR) is 69.9 cm³/mol. The zero-order valence-electron chi connectivity index (χ0n) is 9.16. The Balaban J connectivity index is 3.48. The summed E-state index contributed by atoms with van der Waals surface area (Å²) < 4.78 is 26.7. The van der Waals surface area contributed by atoms with Crippen molar-refractivity contribution in [3.05, 3.63) is 22.3 Å². The van der Waals surface area contributed by atoms with E-state index in [1.54, 1.807) is 6.92 Å². The highest BCUT2D eigenvalue weighted by molar-refractivity contribution is 9.09. The highest BCUT2D eigenvalue weighted by Crippen LogP contribution is 2.32. The van der Waals surface area contributed by atoms with Crippen LogP contribution in [0.25, 0.3) is 0 Å². The van der Waals surface area contributed by atoms with Gasteiger partial charge < -0.3 is 4.74 Å². The number of halogens is 2. The highest BCUT2D eigenvalue weighted by Gasteiger charge is 2.29. The molecule has 1 unspecified atom stereocenters. The lowest BCUT2D eigenvalue weighted by atomic mass is 9.90. The maximum Gasteiger partial charge on any atom is 0.339 e. The Morgan fingerprint density at radius 2 is 2.18 bits per heavy atom. The molecule has 1 rings (SSSR count). The van der Waals surface area contributed by atoms with Crippen LogP contribution in [0.15, 0.2) is 22.3 Å². The molecule has 0 saturated heterocycles. The average molecular weight is 342 g/mol. The summed E-state index contributed by atoms with van der Waals surface area (Å²) in [6.07, 6.45) is 1.26. The summed E-state index contributed by atoms with van der Waals surface area (Å²) in [5.74, 6) is -1.00. The lowest BCUT2D eigenvalue weighted by Crippen LogP contribution is -2.22. The number of ether oxygens (including phenoxy) is 1. The molecule has 1 atom stereocenters. The van der Waals surface area contributed by atoms with Crippen molar-refractivity contribution in [3.63, 3.8) is 0 Å². The first-order valence-electron chi connectivity index (χ1n) is 4.65. The lowest BCUT2D eigenvalue weighted by molar-refractivity contribution is -0.135. The SMILES string of the molecule is COC(=O)C1=CC(=S(=O)=O)C(C)C(CBr)=C1Cl. The first-order chi connectivity index (χ1) is 7.93. The minimum absolute atomic E-state index is 0.0703. The van der Waals surface area contributed by atoms with Crippen LogP contribution >= 0.6 is 27.5 Å². The number of alkyl halides is 1. The zero-order chi connectivity index (χ0) is 13.2. The van der Waals surface area contributed by atoms with Gasteiger partial charge in [0.05, 0.1) is 22.6 Å². The van der Waals surface area contributed by atoms with Gasteiger partial charge in [-0.25, -0.2) is 4.79 Å². The Bertz CT molecular complexity index is 537. The van der Waals surface area contributed by atoms with Crippen molar-refractivity contribution in [2.75, 3.05) is 12.4 Å². The molecule has 0 heterocycles. The largest absolute Gasteiger partial charge is 0.465 e. The minimum atomic E-state index is -2.39. The Morgan fingerprint density at radius 3 is 2.59 bits per heavy atom. The maximum atomic E-state index is 11.5. The van der Waals surface area contributed by atoms with E-state index in [2.05, 4.69) is 20.7 Å². The standard InChI is InChI=1S/C10H10BrClO4S/c1-5-7(4-11)9(12)6(10(13)16-2)3-8(5)17(14)15/h3,5H,4H2,1-2H3. The number of carbonyl (C=O) groups is 1. The van der Waals surface area contributed by atoms with E-state index < -0.39 is 16.3 Å². The molecule has 0 fully saturated rings. The summed E-state index contributed by atoms with van der Waals surface area (Å²) in [7, 11) is -1.17. The minimum Gasteiger partial charge on any atom is -0.465 e. The molecule has 0 amide bonds. The maximum absolute atomic E-state index is 11.5. The van der Waals surface area contributed by atoms with Crippen molar-refractivity contribution in [1.29, 1.82) is 0 Å². The van der Waals surface area contributed by atoms with Crippen molar-refractivity contribution < 1.29 is 17.9 Å². The van der Waals surface area contributed by atoms with Crippen LogP contribution in [-0.2, 0) is 19.8 Å². The molecular weight excluding hydrogens is 332 g/mol. The molecule has 7 heteroatoms. The summed E-state index contributed by atoms with van der Waals surface area (Å²) in [6.45, 7) is 1.72. The first kappa shape index (κ1) is 14.5. The Kier molecular flexibility index (Phi) is 4.97. The molecule has 0 radical (unpaired) electrons. The van der Waals surface area contributed by atoms with Gasteiger partial charge in [0.25, 0.3) is 0 Å². The number of allylic oxidation sites excluding steroid dienone is 2. The molecule has 0 aromatic rings. The van der Waals surface area contributed by atoms with Gasteiger partial charge in [0.2, 0.25) is 10.3 Å². The van der Waals surface area contributed by atoms with Gasteiger partial charge in [-0.2, -0.15) is 8.42 Å². The molecule has 0 N–H and O–H groups in total. The van der Waals surface area contributed by atoms with E-state index in [0.29, 0.717) is 10.9 Å². The number of rotatable bonds is 2. The second kappa shape index (κ2) is 5.84. The van der Waals surface area contributed by atoms with Crippen molar-refractivity contribution >= 4 is 48.7 Å². The third-order valence-electron chi connectivity index (χ3n) is 2.50. The van der Waals surface area contributed by atoms with Crippen LogP contribution in [0, 0.1) is 5.92 Å². The third-order valence-corrected chi connectivity index (χ3v) is 4.40. The van der Waals surface area contributed by atoms with Gasteiger partial charge >= 0.3 is 5.97 Å². The van der Waals surface area contributed by atoms with Crippen LogP contribution in [0.2, 0.25) is 0 Å². The van der Waals surface area contributed by atoms with Crippen LogP contribution < -0.4 is 0 Å². The van der Waals surface area contributed by atoms with Crippen LogP contribution in [-0.4, -0.2) is 31.7 Å². The molecular formula is C10H10BrClO4S. The van der Waals surface area contributed by atoms with Crippen LogP contribution in [0.1, 0.15) is 6.92 Å². The molecule has 0 bridgehead atoms. The number of methoxy groups -OCH3 is 1. The molecule has 17 heavy (non-hydrogen) atoms. The first-order valence-corrected chi connectivity index (χ1v) is 7.22. The van der Waals surface area contributed by atoms with E-state index in [1.807, 2.05) is 0 Å². The molecule has 1 aliphatic rings. The van der Waals surface area contributed by atoms with Gasteiger partial charge in [-0.1, -0.05) is 34.5 Å². The summed E-state index contributed by atoms with van der Waals surface area (Å²) in [5.41, 5.74) is 0.717. The smallest absolute Gasteiger partial charge is 0.339 e. The molecule has 0 aromatic heterocycles. The normalized spacial score (nSPS) is 20.1. The molecule has 0 spiro atoms. The summed E-state index contributed by atoms with van der Waals surface area (Å²) in [5, 5.41) is 0.637. The number of carbonyl (C=O) groups excluding carboxylic acids is 1. The van der Waals surface area contributed by atoms with Gasteiger partial charge in [0, 0.05) is 11.2 Å². The Morgan fingerprint density at radius 1 is 1.59 bits per heavy atom. The third kappa shape index (κ3) is 2.81. The topological polar surface area (TPSA) is 60.4 Å². The molecule has 4 nitrogen and oxygen atoms in total. The summed E-state index contributed by atoms with van der Waals surface area (Å²) >= 11 is 9.28. The van der Waals surface area contributed by atoms with Crippen molar-refractivity contribution in [3.8, 4) is 0 Å². The van der Waals surface area contributed by atoms with Gasteiger partial charge in [-0.15, -0.1) is 0 Å². The molecule has 0 aromatic carbocycles. The van der Waals surface area contributed by atoms with Gasteiger partial charge in [0.1, 0.15) is 0 Å². The van der Waals surface area contributed by atoms with Gasteiger partial charge in [-0.3, -0.25) is 0 Å². The highest BCUT2D eigenvalue weighted by atomic mass is 79.9. The second-order valence-corrected chi connectivity index (χ2v) is 5.26. The molecule has 94 valence electrons. The Labute approximate surface area is 114 Å². The number of esters is 1. The van der Waals surface area contributed by atoms with Crippen molar-refractivity contribution in [2.24, 2.45) is 5.92 Å². The van der Waals surface area contributed by atoms with Crippen LogP contribution in [0.3, 0.4) is 0 Å². The number of hydrogen-bond acceptors (Lipinski definition) is 4. The van der Waals surface area contributed by atoms with E-state index in [4.69, 9.17) is 11.6 Å². The van der Waals surface area contributed by atoms with E-state index in [0.717, 1.165) is 0 Å². The average Bonchev–Trinajstić information content (AvgIpc) is 2.28. The summed E-state index contributed by atoms with van der Waals surface area (Å²) in [4.78, 5) is 11.6.